The minimum Gasteiger partial charge on any atom is -0.485 e. The van der Waals surface area contributed by atoms with Crippen molar-refractivity contribution in [2.24, 2.45) is 0 Å². The molecular weight excluding hydrogens is 254 g/mol. The summed E-state index contributed by atoms with van der Waals surface area (Å²) in [6, 6.07) is 2.36. The molecular formula is C10H11BrF2O. The Labute approximate surface area is 90.2 Å². The fourth-order valence-electron chi connectivity index (χ4n) is 0.926. The first kappa shape index (κ1) is 11.4. The molecule has 1 atom stereocenters. The van der Waals surface area contributed by atoms with E-state index in [2.05, 4.69) is 15.9 Å². The molecule has 14 heavy (non-hydrogen) atoms. The summed E-state index contributed by atoms with van der Waals surface area (Å²) < 4.78 is 31.9. The van der Waals surface area contributed by atoms with E-state index in [1.807, 2.05) is 6.92 Å². The number of rotatable bonds is 3. The highest BCUT2D eigenvalue weighted by molar-refractivity contribution is 9.10. The van der Waals surface area contributed by atoms with Gasteiger partial charge in [0.25, 0.3) is 0 Å². The average Bonchev–Trinajstić information content (AvgIpc) is 2.10. The van der Waals surface area contributed by atoms with E-state index in [1.165, 1.54) is 12.1 Å². The number of benzene rings is 1. The van der Waals surface area contributed by atoms with E-state index in [0.29, 0.717) is 10.9 Å². The lowest BCUT2D eigenvalue weighted by Crippen LogP contribution is -2.12. The summed E-state index contributed by atoms with van der Waals surface area (Å²) in [6.07, 6.45) is 0.509. The van der Waals surface area contributed by atoms with Crippen LogP contribution in [0.4, 0.5) is 8.78 Å². The molecule has 0 bridgehead atoms. The first-order chi connectivity index (χ1) is 6.54. The van der Waals surface area contributed by atoms with E-state index in [0.717, 1.165) is 0 Å². The largest absolute Gasteiger partial charge is 0.485 e. The number of hydrogen-bond donors (Lipinski definition) is 0. The van der Waals surface area contributed by atoms with E-state index in [-0.39, 0.29) is 11.9 Å². The van der Waals surface area contributed by atoms with Crippen molar-refractivity contribution in [1.29, 1.82) is 0 Å². The molecule has 1 rings (SSSR count). The first-order valence-electron chi connectivity index (χ1n) is 4.35. The Morgan fingerprint density at radius 1 is 1.36 bits per heavy atom. The molecule has 0 unspecified atom stereocenters. The van der Waals surface area contributed by atoms with Gasteiger partial charge in [-0.15, -0.1) is 0 Å². The zero-order valence-corrected chi connectivity index (χ0v) is 9.57. The molecule has 78 valence electrons. The lowest BCUT2D eigenvalue weighted by atomic mass is 10.3. The van der Waals surface area contributed by atoms with Gasteiger partial charge in [-0.25, -0.2) is 8.78 Å². The number of hydrogen-bond acceptors (Lipinski definition) is 1. The van der Waals surface area contributed by atoms with Gasteiger partial charge < -0.3 is 4.74 Å². The molecule has 0 saturated carbocycles. The topological polar surface area (TPSA) is 9.23 Å². The van der Waals surface area contributed by atoms with Crippen molar-refractivity contribution in [1.82, 2.24) is 0 Å². The molecule has 0 aliphatic carbocycles. The van der Waals surface area contributed by atoms with Gasteiger partial charge in [0.1, 0.15) is 0 Å². The second-order valence-electron chi connectivity index (χ2n) is 3.04. The van der Waals surface area contributed by atoms with Crippen LogP contribution >= 0.6 is 15.9 Å². The summed E-state index contributed by atoms with van der Waals surface area (Å²) in [7, 11) is 0. The summed E-state index contributed by atoms with van der Waals surface area (Å²) in [5.41, 5.74) is 0. The van der Waals surface area contributed by atoms with Gasteiger partial charge in [0.15, 0.2) is 17.4 Å². The third kappa shape index (κ3) is 2.67. The third-order valence-electron chi connectivity index (χ3n) is 1.86. The van der Waals surface area contributed by atoms with Crippen LogP contribution in [0.1, 0.15) is 20.3 Å². The lowest BCUT2D eigenvalue weighted by molar-refractivity contribution is 0.197. The molecule has 0 saturated heterocycles. The molecule has 0 fully saturated rings. The first-order valence-corrected chi connectivity index (χ1v) is 5.15. The highest BCUT2D eigenvalue weighted by Crippen LogP contribution is 2.26. The highest BCUT2D eigenvalue weighted by atomic mass is 79.9. The van der Waals surface area contributed by atoms with Gasteiger partial charge in [-0.1, -0.05) is 22.9 Å². The Balaban J connectivity index is 2.96. The van der Waals surface area contributed by atoms with E-state index >= 15 is 0 Å². The monoisotopic (exact) mass is 264 g/mol. The molecule has 0 aromatic heterocycles. The molecule has 0 spiro atoms. The molecule has 0 radical (unpaired) electrons. The minimum atomic E-state index is -0.683. The summed E-state index contributed by atoms with van der Waals surface area (Å²) in [6.45, 7) is 3.65. The predicted molar refractivity (Wildman–Crippen MR) is 54.4 cm³/mol. The molecule has 1 aromatic carbocycles. The van der Waals surface area contributed by atoms with Crippen LogP contribution in [0.3, 0.4) is 0 Å². The summed E-state index contributed by atoms with van der Waals surface area (Å²) in [4.78, 5) is 0. The molecule has 1 nitrogen and oxygen atoms in total. The molecule has 0 heterocycles. The van der Waals surface area contributed by atoms with Crippen molar-refractivity contribution in [2.45, 2.75) is 26.4 Å². The Morgan fingerprint density at radius 2 is 1.86 bits per heavy atom. The van der Waals surface area contributed by atoms with Crippen molar-refractivity contribution >= 4 is 15.9 Å². The Kier molecular flexibility index (Phi) is 3.86. The predicted octanol–water partition coefficient (Wildman–Crippen LogP) is 3.90. The van der Waals surface area contributed by atoms with Crippen LogP contribution in [-0.2, 0) is 0 Å². The van der Waals surface area contributed by atoms with Crippen LogP contribution in [-0.4, -0.2) is 6.10 Å². The third-order valence-corrected chi connectivity index (χ3v) is 2.31. The highest BCUT2D eigenvalue weighted by Gasteiger charge is 2.13. The molecule has 0 N–H and O–H groups in total. The average molecular weight is 265 g/mol. The maximum Gasteiger partial charge on any atom is 0.191 e. The quantitative estimate of drug-likeness (QED) is 0.805. The Bertz CT molecular complexity index is 305. The normalized spacial score (nSPS) is 12.6. The van der Waals surface area contributed by atoms with Crippen molar-refractivity contribution in [3.8, 4) is 5.75 Å². The van der Waals surface area contributed by atoms with Crippen LogP contribution in [0.5, 0.6) is 5.75 Å². The van der Waals surface area contributed by atoms with Crippen LogP contribution in [0, 0.1) is 11.6 Å². The smallest absolute Gasteiger partial charge is 0.191 e. The Morgan fingerprint density at radius 3 is 2.29 bits per heavy atom. The van der Waals surface area contributed by atoms with E-state index < -0.39 is 11.6 Å². The van der Waals surface area contributed by atoms with E-state index in [4.69, 9.17) is 4.74 Å². The van der Waals surface area contributed by atoms with E-state index in [9.17, 15) is 8.78 Å². The van der Waals surface area contributed by atoms with Crippen LogP contribution < -0.4 is 4.74 Å². The maximum atomic E-state index is 13.2. The SMILES string of the molecule is CC[C@H](C)Oc1c(F)cc(Br)cc1F. The van der Waals surface area contributed by atoms with Crippen molar-refractivity contribution in [2.75, 3.05) is 0 Å². The van der Waals surface area contributed by atoms with Gasteiger partial charge in [-0.05, 0) is 25.5 Å². The summed E-state index contributed by atoms with van der Waals surface area (Å²) in [5.74, 6) is -1.67. The zero-order chi connectivity index (χ0) is 10.7. The zero-order valence-electron chi connectivity index (χ0n) is 7.98. The molecule has 0 amide bonds. The second-order valence-corrected chi connectivity index (χ2v) is 3.95. The lowest BCUT2D eigenvalue weighted by Gasteiger charge is -2.13. The van der Waals surface area contributed by atoms with Crippen LogP contribution in [0.15, 0.2) is 16.6 Å². The number of ether oxygens (including phenoxy) is 1. The van der Waals surface area contributed by atoms with Crippen LogP contribution in [0.25, 0.3) is 0 Å². The van der Waals surface area contributed by atoms with Crippen molar-refractivity contribution < 1.29 is 13.5 Å². The van der Waals surface area contributed by atoms with Gasteiger partial charge in [0, 0.05) is 4.47 Å². The maximum absolute atomic E-state index is 13.2. The Hall–Kier alpha value is -0.640. The minimum absolute atomic E-state index is 0.194. The van der Waals surface area contributed by atoms with Gasteiger partial charge in [-0.3, -0.25) is 0 Å². The molecule has 1 aromatic rings. The summed E-state index contributed by atoms with van der Waals surface area (Å²) in [5, 5.41) is 0. The fraction of sp³-hybridized carbons (Fsp3) is 0.400. The molecule has 0 aliphatic heterocycles. The standard InChI is InChI=1S/C10H11BrF2O/c1-3-6(2)14-10-8(12)4-7(11)5-9(10)13/h4-6H,3H2,1-2H3/t6-/m0/s1. The van der Waals surface area contributed by atoms with E-state index in [1.54, 1.807) is 6.92 Å². The fourth-order valence-corrected chi connectivity index (χ4v) is 1.33. The van der Waals surface area contributed by atoms with Crippen molar-refractivity contribution in [3.63, 3.8) is 0 Å². The van der Waals surface area contributed by atoms with Gasteiger partial charge in [0.05, 0.1) is 6.10 Å². The number of halogens is 3. The van der Waals surface area contributed by atoms with Crippen molar-refractivity contribution in [3.05, 3.63) is 28.2 Å². The second kappa shape index (κ2) is 4.73. The van der Waals surface area contributed by atoms with Gasteiger partial charge in [-0.2, -0.15) is 0 Å². The molecule has 0 aliphatic rings. The van der Waals surface area contributed by atoms with Gasteiger partial charge in [0.2, 0.25) is 0 Å². The summed E-state index contributed by atoms with van der Waals surface area (Å²) >= 11 is 2.99. The van der Waals surface area contributed by atoms with Gasteiger partial charge >= 0.3 is 0 Å². The molecule has 4 heteroatoms. The van der Waals surface area contributed by atoms with Crippen LogP contribution in [0.2, 0.25) is 0 Å².